The van der Waals surface area contributed by atoms with Crippen LogP contribution < -0.4 is 6.15 Å². The zero-order valence-electron chi connectivity index (χ0n) is 3.28. The third-order valence-corrected chi connectivity index (χ3v) is 0. The Morgan fingerprint density at radius 1 is 1.25 bits per heavy atom. The van der Waals surface area contributed by atoms with Crippen LogP contribution in [0.25, 0.3) is 0 Å². The summed E-state index contributed by atoms with van der Waals surface area (Å²) in [6.45, 7) is 4.00. The van der Waals surface area contributed by atoms with Crippen LogP contribution in [0.5, 0.6) is 0 Å². The van der Waals surface area contributed by atoms with Gasteiger partial charge in [0.05, 0.1) is 0 Å². The maximum atomic E-state index is 2.00. The monoisotopic (exact) mass is 58.1 g/mol. The molecule has 0 aliphatic carbocycles. The Hall–Kier alpha value is 0.0249. The van der Waals surface area contributed by atoms with Crippen molar-refractivity contribution in [1.82, 2.24) is 6.15 Å². The Kier molecular flexibility index (Phi) is 26.5. The first-order valence-electron chi connectivity index (χ1n) is 1.15. The summed E-state index contributed by atoms with van der Waals surface area (Å²) in [6, 6.07) is 0. The quantitative estimate of drug-likeness (QED) is 0.413. The second-order valence-electron chi connectivity index (χ2n) is 0.577. The molecule has 0 aliphatic heterocycles. The average Bonchev–Trinajstić information content (AvgIpc) is 0.918. The van der Waals surface area contributed by atoms with Crippen LogP contribution in [0.15, 0.2) is 0 Å². The molecule has 25 valence electrons. The Morgan fingerprint density at radius 3 is 1.25 bits per heavy atom. The minimum atomic E-state index is 0. The molecule has 0 atom stereocenters. The van der Waals surface area contributed by atoms with Gasteiger partial charge in [-0.1, -0.05) is 13.6 Å². The summed E-state index contributed by atoms with van der Waals surface area (Å²) in [4.78, 5) is 0. The fraction of sp³-hybridized carbons (Fsp3) is 1.00. The van der Waals surface area contributed by atoms with E-state index in [9.17, 15) is 0 Å². The molecular formula is C2H9BN. The van der Waals surface area contributed by atoms with Crippen LogP contribution in [0.2, 0.25) is 13.6 Å². The van der Waals surface area contributed by atoms with Gasteiger partial charge in [0.25, 0.3) is 0 Å². The first-order valence-corrected chi connectivity index (χ1v) is 1.15. The molecule has 0 amide bonds. The van der Waals surface area contributed by atoms with Crippen molar-refractivity contribution in [3.63, 3.8) is 0 Å². The molecule has 4 heavy (non-hydrogen) atoms. The highest BCUT2D eigenvalue weighted by atomic mass is 14.0. The molecule has 2 heteroatoms. The Morgan fingerprint density at radius 2 is 1.25 bits per heavy atom. The molecule has 0 aromatic carbocycles. The van der Waals surface area contributed by atoms with Crippen molar-refractivity contribution in [1.29, 1.82) is 0 Å². The van der Waals surface area contributed by atoms with Gasteiger partial charge in [0.2, 0.25) is 0 Å². The molecule has 0 bridgehead atoms. The predicted octanol–water partition coefficient (Wildman–Crippen LogP) is 0.949. The molecule has 0 aromatic rings. The van der Waals surface area contributed by atoms with Gasteiger partial charge in [-0.15, -0.1) is 0 Å². The normalized spacial score (nSPS) is 3.50. The van der Waals surface area contributed by atoms with E-state index in [-0.39, 0.29) is 6.15 Å². The van der Waals surface area contributed by atoms with Gasteiger partial charge in [-0.25, -0.2) is 0 Å². The van der Waals surface area contributed by atoms with E-state index >= 15 is 0 Å². The smallest absolute Gasteiger partial charge is 0.102 e. The van der Waals surface area contributed by atoms with E-state index in [0.717, 1.165) is 0 Å². The summed E-state index contributed by atoms with van der Waals surface area (Å²) in [7, 11) is 2.00. The molecule has 0 fully saturated rings. The van der Waals surface area contributed by atoms with Crippen molar-refractivity contribution in [3.05, 3.63) is 0 Å². The maximum Gasteiger partial charge on any atom is 0.102 e. The summed E-state index contributed by atoms with van der Waals surface area (Å²) >= 11 is 0. The van der Waals surface area contributed by atoms with Gasteiger partial charge in [0, 0.05) is 0 Å². The van der Waals surface area contributed by atoms with E-state index < -0.39 is 0 Å². The molecule has 0 spiro atoms. The topological polar surface area (TPSA) is 35.0 Å². The third kappa shape index (κ3) is 3420. The van der Waals surface area contributed by atoms with Crippen LogP contribution in [0, 0.1) is 0 Å². The average molecular weight is 57.9 g/mol. The molecule has 0 aromatic heterocycles. The van der Waals surface area contributed by atoms with E-state index in [1.54, 1.807) is 0 Å². The molecule has 0 aliphatic rings. The molecule has 0 saturated heterocycles. The molecule has 0 rings (SSSR count). The van der Waals surface area contributed by atoms with Crippen molar-refractivity contribution < 1.29 is 0 Å². The highest BCUT2D eigenvalue weighted by molar-refractivity contribution is 6.31. The van der Waals surface area contributed by atoms with Gasteiger partial charge in [0.1, 0.15) is 7.28 Å². The first kappa shape index (κ1) is 8.98. The van der Waals surface area contributed by atoms with Gasteiger partial charge < -0.3 is 6.15 Å². The molecule has 0 unspecified atom stereocenters. The number of hydrogen-bond donors (Lipinski definition) is 1. The predicted molar refractivity (Wildman–Crippen MR) is 22.5 cm³/mol. The Bertz CT molecular complexity index is 6.00. The molecule has 1 nitrogen and oxygen atoms in total. The van der Waals surface area contributed by atoms with E-state index in [2.05, 4.69) is 0 Å². The molecule has 1 radical (unpaired) electrons. The fourth-order valence-corrected chi connectivity index (χ4v) is 0. The lowest BCUT2D eigenvalue weighted by Crippen LogP contribution is -1.53. The van der Waals surface area contributed by atoms with E-state index in [4.69, 9.17) is 0 Å². The van der Waals surface area contributed by atoms with E-state index in [1.165, 1.54) is 0 Å². The lowest BCUT2D eigenvalue weighted by molar-refractivity contribution is 2.13. The fourth-order valence-electron chi connectivity index (χ4n) is 0. The van der Waals surface area contributed by atoms with E-state index in [0.29, 0.717) is 0 Å². The van der Waals surface area contributed by atoms with Crippen molar-refractivity contribution >= 4 is 7.28 Å². The lowest BCUT2D eigenvalue weighted by Gasteiger charge is -1.41. The van der Waals surface area contributed by atoms with E-state index in [1.807, 2.05) is 20.9 Å². The summed E-state index contributed by atoms with van der Waals surface area (Å²) in [6.07, 6.45) is 0. The van der Waals surface area contributed by atoms with Gasteiger partial charge in [-0.05, 0) is 0 Å². The van der Waals surface area contributed by atoms with Crippen molar-refractivity contribution in [2.45, 2.75) is 13.6 Å². The Labute approximate surface area is 28.2 Å². The second-order valence-corrected chi connectivity index (χ2v) is 0.577. The molecular weight excluding hydrogens is 48.8 g/mol. The zero-order chi connectivity index (χ0) is 2.71. The summed E-state index contributed by atoms with van der Waals surface area (Å²) in [5.74, 6) is 0. The van der Waals surface area contributed by atoms with Crippen LogP contribution in [0.1, 0.15) is 0 Å². The zero-order valence-corrected chi connectivity index (χ0v) is 3.28. The number of hydrogen-bond acceptors (Lipinski definition) is 1. The van der Waals surface area contributed by atoms with Crippen molar-refractivity contribution in [2.24, 2.45) is 0 Å². The van der Waals surface area contributed by atoms with Crippen LogP contribution in [0.3, 0.4) is 0 Å². The van der Waals surface area contributed by atoms with Crippen LogP contribution in [-0.2, 0) is 0 Å². The van der Waals surface area contributed by atoms with Crippen LogP contribution >= 0.6 is 0 Å². The number of rotatable bonds is 0. The SMILES string of the molecule is C[B]C.N. The minimum absolute atomic E-state index is 0. The lowest BCUT2D eigenvalue weighted by atomic mass is 9.88. The third-order valence-electron chi connectivity index (χ3n) is 0. The maximum absolute atomic E-state index is 2.00. The van der Waals surface area contributed by atoms with Gasteiger partial charge >= 0.3 is 0 Å². The largest absolute Gasteiger partial charge is 0.344 e. The van der Waals surface area contributed by atoms with Crippen LogP contribution in [-0.4, -0.2) is 7.28 Å². The second kappa shape index (κ2) is 11.8. The highest BCUT2D eigenvalue weighted by Gasteiger charge is 1.42. The Balaban J connectivity index is 0. The highest BCUT2D eigenvalue weighted by Crippen LogP contribution is 1.36. The van der Waals surface area contributed by atoms with Crippen molar-refractivity contribution in [3.8, 4) is 0 Å². The molecule has 3 N–H and O–H groups in total. The first-order chi connectivity index (χ1) is 1.41. The van der Waals surface area contributed by atoms with Gasteiger partial charge in [-0.3, -0.25) is 0 Å². The summed E-state index contributed by atoms with van der Waals surface area (Å²) in [5, 5.41) is 0. The summed E-state index contributed by atoms with van der Waals surface area (Å²) < 4.78 is 0. The minimum Gasteiger partial charge on any atom is -0.344 e. The molecule has 0 saturated carbocycles. The van der Waals surface area contributed by atoms with Gasteiger partial charge in [-0.2, -0.15) is 0 Å². The standard InChI is InChI=1S/C2H6B.H3N/c1-3-2;/h1-2H3;1H3. The molecule has 0 heterocycles. The van der Waals surface area contributed by atoms with Crippen molar-refractivity contribution in [2.75, 3.05) is 0 Å². The van der Waals surface area contributed by atoms with Crippen LogP contribution in [0.4, 0.5) is 0 Å². The van der Waals surface area contributed by atoms with Gasteiger partial charge in [0.15, 0.2) is 0 Å². The summed E-state index contributed by atoms with van der Waals surface area (Å²) in [5.41, 5.74) is 0.